The Labute approximate surface area is 151 Å². The molecule has 0 fully saturated rings. The second-order valence-electron chi connectivity index (χ2n) is 6.91. The van der Waals surface area contributed by atoms with Gasteiger partial charge in [0, 0.05) is 17.0 Å². The van der Waals surface area contributed by atoms with Crippen LogP contribution >= 0.6 is 11.6 Å². The van der Waals surface area contributed by atoms with Crippen LogP contribution in [-0.2, 0) is 0 Å². The minimum atomic E-state index is -0.285. The fourth-order valence-electron chi connectivity index (χ4n) is 4.25. The Morgan fingerprint density at radius 3 is 2.80 bits per heavy atom. The molecule has 1 aliphatic heterocycles. The molecule has 0 aromatic heterocycles. The molecule has 0 saturated heterocycles. The van der Waals surface area contributed by atoms with Crippen LogP contribution in [0, 0.1) is 29.9 Å². The molecule has 1 heterocycles. The molecule has 128 valence electrons. The number of anilines is 1. The lowest BCUT2D eigenvalue weighted by molar-refractivity contribution is -0.384. The molecule has 4 nitrogen and oxygen atoms in total. The molecule has 3 atom stereocenters. The fraction of sp³-hybridized carbons (Fsp3) is 0.300. The fourth-order valence-corrected chi connectivity index (χ4v) is 4.45. The predicted molar refractivity (Wildman–Crippen MR) is 100 cm³/mol. The van der Waals surface area contributed by atoms with Crippen molar-refractivity contribution in [3.05, 3.63) is 79.9 Å². The number of aryl methyl sites for hydroxylation is 1. The number of rotatable bonds is 2. The highest BCUT2D eigenvalue weighted by Crippen LogP contribution is 2.53. The summed E-state index contributed by atoms with van der Waals surface area (Å²) in [5.41, 5.74) is 5.06. The SMILES string of the molecule is Cc1cc([N+](=O)[O-])c2c(c1C)C1C=CCC1C(c1cccc(Cl)c1)N2. The molecule has 2 aromatic rings. The van der Waals surface area contributed by atoms with Crippen LogP contribution < -0.4 is 5.32 Å². The summed E-state index contributed by atoms with van der Waals surface area (Å²) >= 11 is 6.18. The van der Waals surface area contributed by atoms with Crippen molar-refractivity contribution in [3.63, 3.8) is 0 Å². The van der Waals surface area contributed by atoms with Gasteiger partial charge in [-0.05, 0) is 60.6 Å². The maximum absolute atomic E-state index is 11.7. The highest BCUT2D eigenvalue weighted by Gasteiger charge is 2.41. The van der Waals surface area contributed by atoms with Gasteiger partial charge in [0.25, 0.3) is 5.69 Å². The average molecular weight is 355 g/mol. The predicted octanol–water partition coefficient (Wildman–Crippen LogP) is 5.69. The van der Waals surface area contributed by atoms with Gasteiger partial charge in [-0.25, -0.2) is 0 Å². The van der Waals surface area contributed by atoms with Gasteiger partial charge < -0.3 is 5.32 Å². The zero-order valence-electron chi connectivity index (χ0n) is 14.1. The van der Waals surface area contributed by atoms with Gasteiger partial charge in [0.05, 0.1) is 11.0 Å². The van der Waals surface area contributed by atoms with Gasteiger partial charge in [-0.2, -0.15) is 0 Å². The van der Waals surface area contributed by atoms with Crippen LogP contribution in [0.2, 0.25) is 5.02 Å². The Morgan fingerprint density at radius 2 is 2.08 bits per heavy atom. The van der Waals surface area contributed by atoms with E-state index in [0.717, 1.165) is 28.7 Å². The van der Waals surface area contributed by atoms with Crippen molar-refractivity contribution in [1.29, 1.82) is 0 Å². The zero-order chi connectivity index (χ0) is 17.7. The highest BCUT2D eigenvalue weighted by atomic mass is 35.5. The number of nitro benzene ring substituents is 1. The lowest BCUT2D eigenvalue weighted by atomic mass is 9.74. The Morgan fingerprint density at radius 1 is 1.28 bits per heavy atom. The van der Waals surface area contributed by atoms with Crippen molar-refractivity contribution in [2.75, 3.05) is 5.32 Å². The maximum atomic E-state index is 11.7. The summed E-state index contributed by atoms with van der Waals surface area (Å²) in [7, 11) is 0. The average Bonchev–Trinajstić information content (AvgIpc) is 3.06. The van der Waals surface area contributed by atoms with Crippen LogP contribution in [0.3, 0.4) is 0 Å². The number of hydrogen-bond acceptors (Lipinski definition) is 3. The van der Waals surface area contributed by atoms with E-state index in [0.29, 0.717) is 16.6 Å². The van der Waals surface area contributed by atoms with Crippen LogP contribution in [0.1, 0.15) is 40.6 Å². The molecule has 0 radical (unpaired) electrons. The van der Waals surface area contributed by atoms with Crippen LogP contribution in [0.15, 0.2) is 42.5 Å². The third-order valence-corrected chi connectivity index (χ3v) is 5.79. The Bertz CT molecular complexity index is 907. The van der Waals surface area contributed by atoms with E-state index in [9.17, 15) is 10.1 Å². The molecule has 5 heteroatoms. The zero-order valence-corrected chi connectivity index (χ0v) is 14.9. The molecule has 2 aromatic carbocycles. The van der Waals surface area contributed by atoms with Crippen molar-refractivity contribution in [3.8, 4) is 0 Å². The first-order valence-corrected chi connectivity index (χ1v) is 8.82. The van der Waals surface area contributed by atoms with Gasteiger partial charge in [-0.1, -0.05) is 35.9 Å². The molecular weight excluding hydrogens is 336 g/mol. The molecule has 2 aliphatic rings. The van der Waals surface area contributed by atoms with Gasteiger partial charge in [0.2, 0.25) is 0 Å². The van der Waals surface area contributed by atoms with Crippen LogP contribution in [0.5, 0.6) is 0 Å². The highest BCUT2D eigenvalue weighted by molar-refractivity contribution is 6.30. The minimum absolute atomic E-state index is 0.00649. The summed E-state index contributed by atoms with van der Waals surface area (Å²) in [4.78, 5) is 11.4. The Kier molecular flexibility index (Phi) is 3.80. The standard InChI is InChI=1S/C20H19ClN2O2/c1-11-9-17(23(24)25)20-18(12(11)2)15-7-4-8-16(15)19(22-20)13-5-3-6-14(21)10-13/h3-7,9-10,15-16,19,22H,8H2,1-2H3. The van der Waals surface area contributed by atoms with Crippen molar-refractivity contribution in [2.24, 2.45) is 5.92 Å². The van der Waals surface area contributed by atoms with Crippen LogP contribution in [0.4, 0.5) is 11.4 Å². The van der Waals surface area contributed by atoms with Crippen LogP contribution in [-0.4, -0.2) is 4.92 Å². The first-order valence-electron chi connectivity index (χ1n) is 8.44. The van der Waals surface area contributed by atoms with E-state index in [2.05, 4.69) is 24.4 Å². The quantitative estimate of drug-likeness (QED) is 0.428. The number of allylic oxidation sites excluding steroid dienone is 2. The van der Waals surface area contributed by atoms with Crippen molar-refractivity contribution in [1.82, 2.24) is 0 Å². The number of nitrogens with zero attached hydrogens (tertiary/aromatic N) is 1. The second kappa shape index (κ2) is 5.88. The summed E-state index contributed by atoms with van der Waals surface area (Å²) in [5, 5.41) is 15.8. The lowest BCUT2D eigenvalue weighted by Crippen LogP contribution is -2.30. The Balaban J connectivity index is 1.92. The van der Waals surface area contributed by atoms with Gasteiger partial charge >= 0.3 is 0 Å². The summed E-state index contributed by atoms with van der Waals surface area (Å²) in [6.07, 6.45) is 5.35. The van der Waals surface area contributed by atoms with E-state index in [1.54, 1.807) is 6.07 Å². The molecule has 3 unspecified atom stereocenters. The molecule has 0 bridgehead atoms. The maximum Gasteiger partial charge on any atom is 0.292 e. The lowest BCUT2D eigenvalue weighted by Gasteiger charge is -2.38. The van der Waals surface area contributed by atoms with Crippen molar-refractivity contribution < 1.29 is 4.92 Å². The third kappa shape index (κ3) is 2.52. The Hall–Kier alpha value is -2.33. The smallest absolute Gasteiger partial charge is 0.292 e. The van der Waals surface area contributed by atoms with Gasteiger partial charge in [-0.15, -0.1) is 0 Å². The van der Waals surface area contributed by atoms with E-state index in [-0.39, 0.29) is 22.6 Å². The second-order valence-corrected chi connectivity index (χ2v) is 7.35. The molecule has 0 saturated carbocycles. The van der Waals surface area contributed by atoms with E-state index in [1.807, 2.05) is 31.2 Å². The van der Waals surface area contributed by atoms with Gasteiger partial charge in [0.1, 0.15) is 5.69 Å². The topological polar surface area (TPSA) is 55.2 Å². The molecule has 1 aliphatic carbocycles. The third-order valence-electron chi connectivity index (χ3n) is 5.55. The van der Waals surface area contributed by atoms with E-state index < -0.39 is 0 Å². The number of hydrogen-bond donors (Lipinski definition) is 1. The largest absolute Gasteiger partial charge is 0.372 e. The molecule has 0 spiro atoms. The normalized spacial score (nSPS) is 23.7. The van der Waals surface area contributed by atoms with Crippen LogP contribution in [0.25, 0.3) is 0 Å². The number of benzene rings is 2. The van der Waals surface area contributed by atoms with Gasteiger partial charge in [0.15, 0.2) is 0 Å². The van der Waals surface area contributed by atoms with Crippen molar-refractivity contribution in [2.45, 2.75) is 32.2 Å². The summed E-state index contributed by atoms with van der Waals surface area (Å²) < 4.78 is 0. The molecule has 0 amide bonds. The first kappa shape index (κ1) is 16.2. The number of halogens is 1. The van der Waals surface area contributed by atoms with E-state index in [4.69, 9.17) is 11.6 Å². The molecule has 4 rings (SSSR count). The summed E-state index contributed by atoms with van der Waals surface area (Å²) in [5.74, 6) is 0.532. The summed E-state index contributed by atoms with van der Waals surface area (Å²) in [6.45, 7) is 4.00. The molecular formula is C20H19ClN2O2. The van der Waals surface area contributed by atoms with E-state index >= 15 is 0 Å². The summed E-state index contributed by atoms with van der Waals surface area (Å²) in [6, 6.07) is 9.45. The molecule has 25 heavy (non-hydrogen) atoms. The van der Waals surface area contributed by atoms with Gasteiger partial charge in [-0.3, -0.25) is 10.1 Å². The monoisotopic (exact) mass is 354 g/mol. The number of nitro groups is 1. The van der Waals surface area contributed by atoms with E-state index in [1.165, 1.54) is 0 Å². The number of fused-ring (bicyclic) bond motifs is 3. The van der Waals surface area contributed by atoms with Crippen molar-refractivity contribution >= 4 is 23.0 Å². The minimum Gasteiger partial charge on any atom is -0.372 e. The first-order chi connectivity index (χ1) is 12.0. The number of nitrogens with one attached hydrogen (secondary N) is 1. The molecule has 1 N–H and O–H groups in total.